The maximum atomic E-state index is 5.33. The van der Waals surface area contributed by atoms with E-state index in [0.29, 0.717) is 6.04 Å². The molecule has 1 rings (SSSR count). The Hall–Kier alpha value is -0.120. The Morgan fingerprint density at radius 2 is 1.94 bits per heavy atom. The maximum Gasteiger partial charge on any atom is 0.0594 e. The molecule has 0 aliphatic carbocycles. The second-order valence-corrected chi connectivity index (χ2v) is 4.94. The summed E-state index contributed by atoms with van der Waals surface area (Å²) < 4.78 is 5.33. The van der Waals surface area contributed by atoms with E-state index in [2.05, 4.69) is 31.0 Å². The summed E-state index contributed by atoms with van der Waals surface area (Å²) in [6.07, 6.45) is 2.51. The fraction of sp³-hybridized carbons (Fsp3) is 1.00. The van der Waals surface area contributed by atoms with Crippen LogP contribution in [0.2, 0.25) is 0 Å². The van der Waals surface area contributed by atoms with Crippen molar-refractivity contribution in [2.45, 2.75) is 39.7 Å². The molecule has 0 saturated carbocycles. The Morgan fingerprint density at radius 1 is 1.25 bits per heavy atom. The van der Waals surface area contributed by atoms with Gasteiger partial charge in [0.25, 0.3) is 0 Å². The molecule has 0 aromatic rings. The largest absolute Gasteiger partial charge is 0.379 e. The molecule has 1 fully saturated rings. The average molecular weight is 228 g/mol. The first-order chi connectivity index (χ1) is 7.74. The third-order valence-corrected chi connectivity index (χ3v) is 3.72. The summed E-state index contributed by atoms with van der Waals surface area (Å²) in [6, 6.07) is 0.648. The Morgan fingerprint density at radius 3 is 2.56 bits per heavy atom. The van der Waals surface area contributed by atoms with Gasteiger partial charge in [0.2, 0.25) is 0 Å². The zero-order valence-electron chi connectivity index (χ0n) is 11.2. The summed E-state index contributed by atoms with van der Waals surface area (Å²) >= 11 is 0. The van der Waals surface area contributed by atoms with Gasteiger partial charge in [0.1, 0.15) is 0 Å². The van der Waals surface area contributed by atoms with Crippen LogP contribution in [0.15, 0.2) is 0 Å². The van der Waals surface area contributed by atoms with Crippen LogP contribution in [0.25, 0.3) is 0 Å². The van der Waals surface area contributed by atoms with Gasteiger partial charge >= 0.3 is 0 Å². The molecule has 0 aromatic heterocycles. The van der Waals surface area contributed by atoms with Gasteiger partial charge in [0, 0.05) is 19.1 Å². The van der Waals surface area contributed by atoms with E-state index in [9.17, 15) is 0 Å². The maximum absolute atomic E-state index is 5.33. The van der Waals surface area contributed by atoms with Gasteiger partial charge in [0.15, 0.2) is 0 Å². The molecule has 1 saturated heterocycles. The van der Waals surface area contributed by atoms with Crippen LogP contribution in [0.3, 0.4) is 0 Å². The van der Waals surface area contributed by atoms with E-state index in [0.717, 1.165) is 38.8 Å². The van der Waals surface area contributed by atoms with E-state index in [1.807, 2.05) is 0 Å². The molecule has 0 spiro atoms. The monoisotopic (exact) mass is 228 g/mol. The number of nitrogens with one attached hydrogen (secondary N) is 1. The smallest absolute Gasteiger partial charge is 0.0594 e. The van der Waals surface area contributed by atoms with Gasteiger partial charge in [-0.15, -0.1) is 0 Å². The minimum atomic E-state index is 0.648. The summed E-state index contributed by atoms with van der Waals surface area (Å²) in [5, 5.41) is 3.61. The van der Waals surface area contributed by atoms with Crippen molar-refractivity contribution in [3.63, 3.8) is 0 Å². The molecule has 2 atom stereocenters. The standard InChI is InChI=1S/C13H28N2O/c1-4-12(2)13(3)14-6-5-7-15-8-10-16-11-9-15/h12-14H,4-11H2,1-3H3. The molecule has 1 aliphatic heterocycles. The van der Waals surface area contributed by atoms with Crippen LogP contribution in [0, 0.1) is 5.92 Å². The van der Waals surface area contributed by atoms with Crippen molar-refractivity contribution in [1.82, 2.24) is 10.2 Å². The van der Waals surface area contributed by atoms with Crippen molar-refractivity contribution >= 4 is 0 Å². The molecule has 0 aromatic carbocycles. The first-order valence-electron chi connectivity index (χ1n) is 6.77. The molecule has 3 nitrogen and oxygen atoms in total. The van der Waals surface area contributed by atoms with Crippen molar-refractivity contribution in [3.8, 4) is 0 Å². The molecule has 1 aliphatic rings. The first kappa shape index (κ1) is 13.9. The molecule has 1 N–H and O–H groups in total. The quantitative estimate of drug-likeness (QED) is 0.672. The van der Waals surface area contributed by atoms with E-state index >= 15 is 0 Å². The van der Waals surface area contributed by atoms with Crippen LogP contribution in [-0.4, -0.2) is 50.3 Å². The van der Waals surface area contributed by atoms with Gasteiger partial charge in [-0.05, 0) is 32.4 Å². The van der Waals surface area contributed by atoms with E-state index in [4.69, 9.17) is 4.74 Å². The third-order valence-electron chi connectivity index (χ3n) is 3.72. The van der Waals surface area contributed by atoms with Crippen LogP contribution in [0.1, 0.15) is 33.6 Å². The van der Waals surface area contributed by atoms with Crippen molar-refractivity contribution in [3.05, 3.63) is 0 Å². The van der Waals surface area contributed by atoms with Crippen LogP contribution in [0.5, 0.6) is 0 Å². The number of hydrogen-bond acceptors (Lipinski definition) is 3. The topological polar surface area (TPSA) is 24.5 Å². The molecule has 0 radical (unpaired) electrons. The first-order valence-corrected chi connectivity index (χ1v) is 6.77. The highest BCUT2D eigenvalue weighted by atomic mass is 16.5. The van der Waals surface area contributed by atoms with E-state index in [-0.39, 0.29) is 0 Å². The molecular weight excluding hydrogens is 200 g/mol. The average Bonchev–Trinajstić information content (AvgIpc) is 2.34. The highest BCUT2D eigenvalue weighted by molar-refractivity contribution is 4.68. The van der Waals surface area contributed by atoms with Crippen molar-refractivity contribution in [2.24, 2.45) is 5.92 Å². The fourth-order valence-electron chi connectivity index (χ4n) is 2.01. The molecule has 0 amide bonds. The van der Waals surface area contributed by atoms with Crippen molar-refractivity contribution in [1.29, 1.82) is 0 Å². The zero-order chi connectivity index (χ0) is 11.8. The van der Waals surface area contributed by atoms with Gasteiger partial charge in [-0.25, -0.2) is 0 Å². The fourth-order valence-corrected chi connectivity index (χ4v) is 2.01. The normalized spacial score (nSPS) is 21.9. The van der Waals surface area contributed by atoms with E-state index in [1.165, 1.54) is 19.4 Å². The summed E-state index contributed by atoms with van der Waals surface area (Å²) in [6.45, 7) is 13.3. The molecule has 16 heavy (non-hydrogen) atoms. The minimum absolute atomic E-state index is 0.648. The Kier molecular flexibility index (Phi) is 7.01. The van der Waals surface area contributed by atoms with Crippen molar-refractivity contribution in [2.75, 3.05) is 39.4 Å². The lowest BCUT2D eigenvalue weighted by molar-refractivity contribution is 0.0373. The third kappa shape index (κ3) is 5.28. The van der Waals surface area contributed by atoms with Crippen LogP contribution < -0.4 is 5.32 Å². The van der Waals surface area contributed by atoms with Gasteiger partial charge in [-0.3, -0.25) is 4.90 Å². The summed E-state index contributed by atoms with van der Waals surface area (Å²) in [5.74, 6) is 0.781. The lowest BCUT2D eigenvalue weighted by Crippen LogP contribution is -2.39. The van der Waals surface area contributed by atoms with Crippen molar-refractivity contribution < 1.29 is 4.74 Å². The Balaban J connectivity index is 1.98. The van der Waals surface area contributed by atoms with Crippen LogP contribution >= 0.6 is 0 Å². The van der Waals surface area contributed by atoms with Gasteiger partial charge in [-0.2, -0.15) is 0 Å². The number of nitrogens with zero attached hydrogens (tertiary/aromatic N) is 1. The van der Waals surface area contributed by atoms with Gasteiger partial charge in [-0.1, -0.05) is 20.3 Å². The van der Waals surface area contributed by atoms with Crippen LogP contribution in [0.4, 0.5) is 0 Å². The number of ether oxygens (including phenoxy) is 1. The Labute approximate surface area is 101 Å². The summed E-state index contributed by atoms with van der Waals surface area (Å²) in [4.78, 5) is 2.50. The molecule has 3 heteroatoms. The number of morpholine rings is 1. The lowest BCUT2D eigenvalue weighted by Gasteiger charge is -2.27. The minimum Gasteiger partial charge on any atom is -0.379 e. The zero-order valence-corrected chi connectivity index (χ0v) is 11.2. The van der Waals surface area contributed by atoms with Gasteiger partial charge < -0.3 is 10.1 Å². The second kappa shape index (κ2) is 8.04. The molecule has 2 unspecified atom stereocenters. The molecule has 96 valence electrons. The predicted molar refractivity (Wildman–Crippen MR) is 68.8 cm³/mol. The summed E-state index contributed by atoms with van der Waals surface area (Å²) in [7, 11) is 0. The highest BCUT2D eigenvalue weighted by Crippen LogP contribution is 2.06. The lowest BCUT2D eigenvalue weighted by atomic mass is 10.0. The van der Waals surface area contributed by atoms with E-state index in [1.54, 1.807) is 0 Å². The second-order valence-electron chi connectivity index (χ2n) is 4.94. The van der Waals surface area contributed by atoms with Gasteiger partial charge in [0.05, 0.1) is 13.2 Å². The van der Waals surface area contributed by atoms with Crippen LogP contribution in [-0.2, 0) is 4.74 Å². The molecule has 0 bridgehead atoms. The number of hydrogen-bond donors (Lipinski definition) is 1. The Bertz CT molecular complexity index is 165. The summed E-state index contributed by atoms with van der Waals surface area (Å²) in [5.41, 5.74) is 0. The predicted octanol–water partition coefficient (Wildman–Crippen LogP) is 1.73. The molecule has 1 heterocycles. The SMILES string of the molecule is CCC(C)C(C)NCCCN1CCOCC1. The number of rotatable bonds is 7. The highest BCUT2D eigenvalue weighted by Gasteiger charge is 2.11. The van der Waals surface area contributed by atoms with E-state index < -0.39 is 0 Å². The molecular formula is C13H28N2O.